The largest absolute Gasteiger partial charge is 0.481 e. The number of amides is 1. The maximum absolute atomic E-state index is 11.9. The summed E-state index contributed by atoms with van der Waals surface area (Å²) in [6.45, 7) is 3.07. The second-order valence-electron chi connectivity index (χ2n) is 5.11. The van der Waals surface area contributed by atoms with Gasteiger partial charge in [-0.3, -0.25) is 14.5 Å². The molecule has 1 aromatic heterocycles. The van der Waals surface area contributed by atoms with E-state index in [1.54, 1.807) is 6.92 Å². The third kappa shape index (κ3) is 4.06. The molecule has 21 heavy (non-hydrogen) atoms. The molecule has 1 aromatic rings. The zero-order valence-electron chi connectivity index (χ0n) is 11.3. The molecule has 1 unspecified atom stereocenters. The zero-order chi connectivity index (χ0) is 15.6. The van der Waals surface area contributed by atoms with Gasteiger partial charge in [0.25, 0.3) is 0 Å². The minimum atomic E-state index is -0.804. The van der Waals surface area contributed by atoms with Crippen LogP contribution in [-0.2, 0) is 9.59 Å². The number of nitrogens with one attached hydrogen (secondary N) is 1. The van der Waals surface area contributed by atoms with Gasteiger partial charge >= 0.3 is 5.97 Å². The van der Waals surface area contributed by atoms with Crippen molar-refractivity contribution in [2.24, 2.45) is 11.8 Å². The molecule has 0 bridgehead atoms. The van der Waals surface area contributed by atoms with Crippen LogP contribution >= 0.6 is 23.2 Å². The van der Waals surface area contributed by atoms with Crippen LogP contribution in [0.2, 0.25) is 10.0 Å². The Morgan fingerprint density at radius 3 is 2.76 bits per heavy atom. The van der Waals surface area contributed by atoms with Crippen molar-refractivity contribution in [3.05, 3.63) is 22.3 Å². The number of carboxylic acids is 1. The number of rotatable bonds is 5. The van der Waals surface area contributed by atoms with E-state index in [1.165, 1.54) is 12.3 Å². The van der Waals surface area contributed by atoms with Crippen LogP contribution in [0.5, 0.6) is 0 Å². The molecule has 2 rings (SSSR count). The minimum absolute atomic E-state index is 0.0903. The molecule has 1 atom stereocenters. The third-order valence-electron chi connectivity index (χ3n) is 3.51. The van der Waals surface area contributed by atoms with E-state index in [0.29, 0.717) is 18.1 Å². The molecule has 1 fully saturated rings. The molecule has 2 N–H and O–H groups in total. The summed E-state index contributed by atoms with van der Waals surface area (Å²) < 4.78 is 0. The number of nitrogens with zero attached hydrogens (tertiary/aromatic N) is 2. The van der Waals surface area contributed by atoms with E-state index in [-0.39, 0.29) is 29.2 Å². The number of halogens is 2. The molecular formula is C13H15Cl2N3O3. The van der Waals surface area contributed by atoms with Crippen molar-refractivity contribution in [2.45, 2.75) is 6.92 Å². The van der Waals surface area contributed by atoms with Gasteiger partial charge in [-0.2, -0.15) is 0 Å². The van der Waals surface area contributed by atoms with Crippen LogP contribution < -0.4 is 5.32 Å². The quantitative estimate of drug-likeness (QED) is 0.862. The number of pyridine rings is 1. The fourth-order valence-electron chi connectivity index (χ4n) is 2.14. The second-order valence-corrected chi connectivity index (χ2v) is 5.96. The van der Waals surface area contributed by atoms with Crippen LogP contribution in [0.15, 0.2) is 12.3 Å². The standard InChI is InChI=1S/C13H15Cl2N3O3/c1-7(13(20)21)8-4-18(5-8)6-11(19)17-12-10(15)2-9(14)3-16-12/h2-3,7-8H,4-6H2,1H3,(H,20,21)(H,16,17,19). The minimum Gasteiger partial charge on any atom is -0.481 e. The first-order chi connectivity index (χ1) is 9.86. The first-order valence-corrected chi connectivity index (χ1v) is 7.18. The number of hydrogen-bond acceptors (Lipinski definition) is 4. The molecule has 0 radical (unpaired) electrons. The number of aromatic nitrogens is 1. The average Bonchev–Trinajstić information content (AvgIpc) is 2.36. The molecule has 1 amide bonds. The van der Waals surface area contributed by atoms with Crippen molar-refractivity contribution in [2.75, 3.05) is 25.0 Å². The summed E-state index contributed by atoms with van der Waals surface area (Å²) in [6, 6.07) is 1.50. The van der Waals surface area contributed by atoms with Crippen LogP contribution in [0.4, 0.5) is 5.82 Å². The van der Waals surface area contributed by atoms with Crippen molar-refractivity contribution in [1.82, 2.24) is 9.88 Å². The first kappa shape index (κ1) is 16.0. The molecule has 0 aliphatic carbocycles. The van der Waals surface area contributed by atoms with Crippen molar-refractivity contribution < 1.29 is 14.7 Å². The number of carbonyl (C=O) groups excluding carboxylic acids is 1. The highest BCUT2D eigenvalue weighted by molar-refractivity contribution is 6.36. The van der Waals surface area contributed by atoms with Crippen LogP contribution in [-0.4, -0.2) is 46.5 Å². The highest BCUT2D eigenvalue weighted by Crippen LogP contribution is 2.25. The van der Waals surface area contributed by atoms with Crippen molar-refractivity contribution in [3.8, 4) is 0 Å². The van der Waals surface area contributed by atoms with E-state index in [2.05, 4.69) is 10.3 Å². The Kier molecular flexibility index (Phi) is 5.03. The number of carbonyl (C=O) groups is 2. The molecule has 1 aliphatic rings. The lowest BCUT2D eigenvalue weighted by Gasteiger charge is -2.40. The highest BCUT2D eigenvalue weighted by Gasteiger charge is 2.35. The number of hydrogen-bond donors (Lipinski definition) is 2. The fourth-order valence-corrected chi connectivity index (χ4v) is 2.57. The Labute approximate surface area is 132 Å². The van der Waals surface area contributed by atoms with Crippen molar-refractivity contribution in [3.63, 3.8) is 0 Å². The van der Waals surface area contributed by atoms with Crippen LogP contribution in [0.25, 0.3) is 0 Å². The molecule has 6 nitrogen and oxygen atoms in total. The van der Waals surface area contributed by atoms with E-state index >= 15 is 0 Å². The SMILES string of the molecule is CC(C(=O)O)C1CN(CC(=O)Nc2ncc(Cl)cc2Cl)C1. The number of aliphatic carboxylic acids is 1. The van der Waals surface area contributed by atoms with Crippen LogP contribution in [0.3, 0.4) is 0 Å². The predicted molar refractivity (Wildman–Crippen MR) is 79.6 cm³/mol. The lowest BCUT2D eigenvalue weighted by Crippen LogP contribution is -2.53. The monoisotopic (exact) mass is 331 g/mol. The van der Waals surface area contributed by atoms with Gasteiger partial charge in [0.2, 0.25) is 5.91 Å². The fraction of sp³-hybridized carbons (Fsp3) is 0.462. The van der Waals surface area contributed by atoms with Crippen molar-refractivity contribution in [1.29, 1.82) is 0 Å². The molecule has 1 saturated heterocycles. The summed E-state index contributed by atoms with van der Waals surface area (Å²) in [5.41, 5.74) is 0. The van der Waals surface area contributed by atoms with E-state index in [4.69, 9.17) is 28.3 Å². The van der Waals surface area contributed by atoms with Crippen LogP contribution in [0.1, 0.15) is 6.92 Å². The Balaban J connectivity index is 1.80. The van der Waals surface area contributed by atoms with E-state index in [0.717, 1.165) is 0 Å². The van der Waals surface area contributed by atoms with Gasteiger partial charge in [-0.15, -0.1) is 0 Å². The van der Waals surface area contributed by atoms with Gasteiger partial charge < -0.3 is 10.4 Å². The molecule has 0 saturated carbocycles. The number of anilines is 1. The summed E-state index contributed by atoms with van der Waals surface area (Å²) in [7, 11) is 0. The van der Waals surface area contributed by atoms with Gasteiger partial charge in [-0.1, -0.05) is 30.1 Å². The summed E-state index contributed by atoms with van der Waals surface area (Å²) in [5, 5.41) is 12.2. The van der Waals surface area contributed by atoms with Gasteiger partial charge in [0.1, 0.15) is 0 Å². The molecule has 114 valence electrons. The Morgan fingerprint density at radius 2 is 2.19 bits per heavy atom. The summed E-state index contributed by atoms with van der Waals surface area (Å²) in [6.07, 6.45) is 1.40. The topological polar surface area (TPSA) is 82.5 Å². The summed E-state index contributed by atoms with van der Waals surface area (Å²) in [5.74, 6) is -1.08. The first-order valence-electron chi connectivity index (χ1n) is 6.43. The highest BCUT2D eigenvalue weighted by atomic mass is 35.5. The Hall–Kier alpha value is -1.37. The maximum Gasteiger partial charge on any atom is 0.306 e. The molecule has 2 heterocycles. The zero-order valence-corrected chi connectivity index (χ0v) is 12.9. The Morgan fingerprint density at radius 1 is 1.52 bits per heavy atom. The summed E-state index contributed by atoms with van der Waals surface area (Å²) in [4.78, 5) is 28.5. The predicted octanol–water partition coefficient (Wildman–Crippen LogP) is 1.98. The lowest BCUT2D eigenvalue weighted by atomic mass is 9.87. The third-order valence-corrected chi connectivity index (χ3v) is 4.01. The number of carboxylic acid groups (broad SMARTS) is 1. The van der Waals surface area contributed by atoms with Crippen molar-refractivity contribution >= 4 is 40.9 Å². The molecular weight excluding hydrogens is 317 g/mol. The van der Waals surface area contributed by atoms with E-state index < -0.39 is 11.9 Å². The second kappa shape index (κ2) is 6.60. The van der Waals surface area contributed by atoms with Crippen LogP contribution in [0, 0.1) is 11.8 Å². The summed E-state index contributed by atoms with van der Waals surface area (Å²) >= 11 is 11.6. The smallest absolute Gasteiger partial charge is 0.306 e. The van der Waals surface area contributed by atoms with Gasteiger partial charge in [0, 0.05) is 19.3 Å². The van der Waals surface area contributed by atoms with E-state index in [1.807, 2.05) is 4.90 Å². The Bertz CT molecular complexity index is 562. The molecule has 0 spiro atoms. The lowest BCUT2D eigenvalue weighted by molar-refractivity contribution is -0.145. The maximum atomic E-state index is 11.9. The van der Waals surface area contributed by atoms with Gasteiger partial charge in [-0.05, 0) is 12.0 Å². The normalized spacial score (nSPS) is 17.1. The van der Waals surface area contributed by atoms with Gasteiger partial charge in [-0.25, -0.2) is 4.98 Å². The molecule has 8 heteroatoms. The number of likely N-dealkylation sites (tertiary alicyclic amines) is 1. The molecule has 1 aliphatic heterocycles. The average molecular weight is 332 g/mol. The van der Waals surface area contributed by atoms with Gasteiger partial charge in [0.05, 0.1) is 22.5 Å². The van der Waals surface area contributed by atoms with E-state index in [9.17, 15) is 9.59 Å². The van der Waals surface area contributed by atoms with Gasteiger partial charge in [0.15, 0.2) is 5.82 Å². The molecule has 0 aromatic carbocycles.